The Hall–Kier alpha value is -4.08. The summed E-state index contributed by atoms with van der Waals surface area (Å²) in [7, 11) is 0. The van der Waals surface area contributed by atoms with Crippen LogP contribution in [-0.2, 0) is 25.4 Å². The predicted molar refractivity (Wildman–Crippen MR) is 229 cm³/mol. The zero-order valence-electron chi connectivity index (χ0n) is 33.9. The highest BCUT2D eigenvalue weighted by atomic mass is 35.5. The van der Waals surface area contributed by atoms with Crippen LogP contribution >= 0.6 is 37.0 Å². The smallest absolute Gasteiger partial charge is 0.374 e. The van der Waals surface area contributed by atoms with Crippen molar-refractivity contribution in [2.45, 2.75) is 115 Å². The summed E-state index contributed by atoms with van der Waals surface area (Å²) < 4.78 is 55.9. The summed E-state index contributed by atoms with van der Waals surface area (Å²) in [6, 6.07) is 8.46. The van der Waals surface area contributed by atoms with Crippen LogP contribution in [0, 0.1) is 23.1 Å². The number of halogens is 6. The number of alkyl halides is 3. The largest absolute Gasteiger partial charge is 0.417 e. The van der Waals surface area contributed by atoms with E-state index in [9.17, 15) is 42.0 Å². The van der Waals surface area contributed by atoms with Crippen LogP contribution in [0.5, 0.6) is 0 Å². The van der Waals surface area contributed by atoms with Crippen LogP contribution in [0.4, 0.5) is 34.6 Å². The molecule has 0 radical (unpaired) electrons. The van der Waals surface area contributed by atoms with Gasteiger partial charge in [0.25, 0.3) is 5.91 Å². The number of rotatable bonds is 11. The Morgan fingerprint density at radius 1 is 1.00 bits per heavy atom. The van der Waals surface area contributed by atoms with Crippen molar-refractivity contribution in [1.82, 2.24) is 20.0 Å². The monoisotopic (exact) mass is 898 g/mol. The molecular formula is C41H52Cl2F4N8O4S. The summed E-state index contributed by atoms with van der Waals surface area (Å²) in [5.41, 5.74) is -2.21. The van der Waals surface area contributed by atoms with Gasteiger partial charge in [-0.3, -0.25) is 34.3 Å². The third-order valence-electron chi connectivity index (χ3n) is 12.0. The number of amides is 4. The van der Waals surface area contributed by atoms with Crippen molar-refractivity contribution in [3.63, 3.8) is 0 Å². The van der Waals surface area contributed by atoms with E-state index >= 15 is 0 Å². The fourth-order valence-electron chi connectivity index (χ4n) is 9.01. The van der Waals surface area contributed by atoms with Gasteiger partial charge in [0.05, 0.1) is 35.1 Å². The van der Waals surface area contributed by atoms with Crippen molar-refractivity contribution in [3.8, 4) is 6.07 Å². The molecule has 328 valence electrons. The second-order valence-corrected chi connectivity index (χ2v) is 16.9. The molecule has 0 spiro atoms. The van der Waals surface area contributed by atoms with Gasteiger partial charge < -0.3 is 20.4 Å². The van der Waals surface area contributed by atoms with Crippen LogP contribution in [-0.4, -0.2) is 99.3 Å². The topological polar surface area (TPSA) is 141 Å². The number of nitrogens with one attached hydrogen (secondary N) is 3. The van der Waals surface area contributed by atoms with Gasteiger partial charge in [0, 0.05) is 43.3 Å². The van der Waals surface area contributed by atoms with E-state index in [0.717, 1.165) is 70.3 Å². The minimum atomic E-state index is -4.76. The van der Waals surface area contributed by atoms with Crippen molar-refractivity contribution in [2.75, 3.05) is 41.7 Å². The summed E-state index contributed by atoms with van der Waals surface area (Å²) in [6.45, 7) is 10.2. The number of benzene rings is 2. The molecule has 3 atom stereocenters. The molecule has 0 aromatic heterocycles. The van der Waals surface area contributed by atoms with E-state index in [2.05, 4.69) is 39.6 Å². The average molecular weight is 900 g/mol. The maximum Gasteiger partial charge on any atom is 0.417 e. The fourth-order valence-corrected chi connectivity index (χ4v) is 9.57. The molecule has 3 heterocycles. The summed E-state index contributed by atoms with van der Waals surface area (Å²) in [5.74, 6) is -1.63. The Labute approximate surface area is 365 Å². The minimum Gasteiger partial charge on any atom is -0.374 e. The summed E-state index contributed by atoms with van der Waals surface area (Å²) in [5, 5.41) is 17.4. The van der Waals surface area contributed by atoms with E-state index in [1.807, 2.05) is 4.90 Å². The molecule has 19 heteroatoms. The molecule has 4 amide bonds. The molecular weight excluding hydrogens is 847 g/mol. The lowest BCUT2D eigenvalue weighted by Crippen LogP contribution is -2.58. The van der Waals surface area contributed by atoms with E-state index in [4.69, 9.17) is 12.2 Å². The van der Waals surface area contributed by atoms with Crippen LogP contribution in [0.2, 0.25) is 0 Å². The van der Waals surface area contributed by atoms with Gasteiger partial charge in [-0.05, 0) is 134 Å². The number of hydrogen-bond donors (Lipinski definition) is 3. The lowest BCUT2D eigenvalue weighted by molar-refractivity contribution is -0.138. The van der Waals surface area contributed by atoms with Crippen molar-refractivity contribution in [3.05, 3.63) is 53.3 Å². The minimum absolute atomic E-state index is 0. The molecule has 60 heavy (non-hydrogen) atoms. The Balaban J connectivity index is 0.00000397. The molecule has 3 saturated heterocycles. The Bertz CT molecular complexity index is 1980. The molecule has 1 saturated carbocycles. The highest BCUT2D eigenvalue weighted by Gasteiger charge is 2.52. The normalized spacial score (nSPS) is 24.9. The van der Waals surface area contributed by atoms with E-state index < -0.39 is 46.5 Å². The number of thiocarbonyl (C=S) groups is 1. The van der Waals surface area contributed by atoms with Crippen LogP contribution < -0.4 is 20.9 Å². The molecule has 4 aliphatic rings. The average Bonchev–Trinajstić information content (AvgIpc) is 3.34. The molecule has 2 aromatic carbocycles. The van der Waals surface area contributed by atoms with Gasteiger partial charge in [-0.15, -0.1) is 24.8 Å². The third kappa shape index (κ3) is 10.7. The second kappa shape index (κ2) is 19.7. The number of anilines is 3. The zero-order valence-corrected chi connectivity index (χ0v) is 36.4. The number of nitrogens with zero attached hydrogens (tertiary/aromatic N) is 5. The number of piperazine rings is 1. The van der Waals surface area contributed by atoms with Crippen LogP contribution in [0.25, 0.3) is 0 Å². The first-order chi connectivity index (χ1) is 27.4. The van der Waals surface area contributed by atoms with Crippen molar-refractivity contribution in [1.29, 1.82) is 5.26 Å². The third-order valence-corrected chi connectivity index (χ3v) is 12.4. The van der Waals surface area contributed by atoms with Gasteiger partial charge in [0.2, 0.25) is 17.7 Å². The SMILES string of the molecule is C[C@@H]1CN(CCCC2CCC(N3C(=S)N(c4ccc(C#N)c(C(F)(F)F)c4)C(=O)C3(C)C)CC2)C[C@H](C)N1CC(=O)Nc1cc(NC2CCC(=O)NC2=O)ccc1F.Cl.Cl. The van der Waals surface area contributed by atoms with Gasteiger partial charge in [-0.1, -0.05) is 0 Å². The molecule has 2 aromatic rings. The van der Waals surface area contributed by atoms with E-state index in [-0.39, 0.29) is 84.2 Å². The Morgan fingerprint density at radius 3 is 2.28 bits per heavy atom. The number of carbonyl (C=O) groups is 4. The van der Waals surface area contributed by atoms with E-state index in [0.29, 0.717) is 18.0 Å². The molecule has 3 N–H and O–H groups in total. The van der Waals surface area contributed by atoms with E-state index in [1.165, 1.54) is 29.2 Å². The summed E-state index contributed by atoms with van der Waals surface area (Å²) >= 11 is 5.76. The van der Waals surface area contributed by atoms with Gasteiger partial charge in [0.1, 0.15) is 17.4 Å². The first-order valence-electron chi connectivity index (χ1n) is 19.8. The van der Waals surface area contributed by atoms with Gasteiger partial charge in [-0.2, -0.15) is 18.4 Å². The first kappa shape index (κ1) is 48.6. The molecule has 6 rings (SSSR count). The van der Waals surface area contributed by atoms with Crippen molar-refractivity contribution < 1.29 is 36.7 Å². The summed E-state index contributed by atoms with van der Waals surface area (Å²) in [6.07, 6.45) is 1.27. The number of hydrogen-bond acceptors (Lipinski definition) is 9. The van der Waals surface area contributed by atoms with Crippen LogP contribution in [0.15, 0.2) is 36.4 Å². The predicted octanol–water partition coefficient (Wildman–Crippen LogP) is 6.86. The fraction of sp³-hybridized carbons (Fsp3) is 0.561. The molecule has 12 nitrogen and oxygen atoms in total. The summed E-state index contributed by atoms with van der Waals surface area (Å²) in [4.78, 5) is 58.0. The van der Waals surface area contributed by atoms with Crippen molar-refractivity contribution >= 4 is 82.8 Å². The quantitative estimate of drug-likeness (QED) is 0.125. The molecule has 3 aliphatic heterocycles. The Kier molecular flexibility index (Phi) is 16.0. The molecule has 1 unspecified atom stereocenters. The molecule has 4 fully saturated rings. The van der Waals surface area contributed by atoms with Crippen molar-refractivity contribution in [2.24, 2.45) is 5.92 Å². The standard InChI is InChI=1S/C41H50F4N8O4S.2ClH/c1-24-21-50(22-25(2)51(24)23-36(55)48-34-18-28(10-14-32(34)42)47-33-15-16-35(54)49-37(33)56)17-5-6-26-7-11-29(12-8-26)53-39(58)52(38(57)40(53,3)4)30-13-9-27(20-46)31(19-30)41(43,44)45;;/h9-10,13-14,18-19,24-26,29,33,47H,5-8,11-12,15-17,21-23H2,1-4H3,(H,48,55)(H,49,54,56);2*1H/t24-,25+,26?,29?,33?;;. The Morgan fingerprint density at radius 2 is 1.67 bits per heavy atom. The van der Waals surface area contributed by atoms with Crippen LogP contribution in [0.1, 0.15) is 90.2 Å². The van der Waals surface area contributed by atoms with Gasteiger partial charge >= 0.3 is 6.18 Å². The number of imide groups is 1. The first-order valence-corrected chi connectivity index (χ1v) is 20.2. The number of piperidine rings is 1. The molecule has 1 aliphatic carbocycles. The van der Waals surface area contributed by atoms with E-state index in [1.54, 1.807) is 19.9 Å². The molecule has 0 bridgehead atoms. The van der Waals surface area contributed by atoms with Gasteiger partial charge in [0.15, 0.2) is 5.11 Å². The second-order valence-electron chi connectivity index (χ2n) is 16.5. The van der Waals surface area contributed by atoms with Crippen LogP contribution in [0.3, 0.4) is 0 Å². The lowest BCUT2D eigenvalue weighted by Gasteiger charge is -2.44. The zero-order chi connectivity index (χ0) is 42.1. The maximum atomic E-state index is 14.7. The number of carbonyl (C=O) groups excluding carboxylic acids is 4. The maximum absolute atomic E-state index is 14.7. The van der Waals surface area contributed by atoms with Gasteiger partial charge in [-0.25, -0.2) is 4.39 Å². The number of nitriles is 1. The highest BCUT2D eigenvalue weighted by molar-refractivity contribution is 7.80. The highest BCUT2D eigenvalue weighted by Crippen LogP contribution is 2.41. The lowest BCUT2D eigenvalue weighted by atomic mass is 9.82.